The van der Waals surface area contributed by atoms with E-state index in [1.807, 2.05) is 24.3 Å². The van der Waals surface area contributed by atoms with Crippen LogP contribution in [0.1, 0.15) is 5.56 Å². The van der Waals surface area contributed by atoms with Crippen molar-refractivity contribution in [1.29, 1.82) is 5.26 Å². The number of benzene rings is 1. The van der Waals surface area contributed by atoms with Crippen LogP contribution < -0.4 is 5.32 Å². The summed E-state index contributed by atoms with van der Waals surface area (Å²) in [7, 11) is 0. The van der Waals surface area contributed by atoms with E-state index < -0.39 is 0 Å². The highest BCUT2D eigenvalue weighted by Gasteiger charge is 2.08. The van der Waals surface area contributed by atoms with Crippen LogP contribution >= 0.6 is 34.8 Å². The molecule has 1 heterocycles. The van der Waals surface area contributed by atoms with Gasteiger partial charge in [-0.05, 0) is 23.8 Å². The van der Waals surface area contributed by atoms with Gasteiger partial charge in [-0.25, -0.2) is 4.98 Å². The van der Waals surface area contributed by atoms with Crippen molar-refractivity contribution in [3.05, 3.63) is 51.1 Å². The molecule has 0 saturated carbocycles. The molecule has 0 fully saturated rings. The molecule has 0 aliphatic heterocycles. The Morgan fingerprint density at radius 1 is 1.11 bits per heavy atom. The van der Waals surface area contributed by atoms with E-state index in [9.17, 15) is 0 Å². The average Bonchev–Trinajstić information content (AvgIpc) is 2.38. The van der Waals surface area contributed by atoms with Gasteiger partial charge in [0.2, 0.25) is 0 Å². The predicted molar refractivity (Wildman–Crippen MR) is 78.3 cm³/mol. The lowest BCUT2D eigenvalue weighted by Crippen LogP contribution is -1.95. The minimum atomic E-state index is 0.190. The first-order valence-electron chi connectivity index (χ1n) is 5.34. The van der Waals surface area contributed by atoms with Crippen LogP contribution in [-0.4, -0.2) is 4.98 Å². The number of nitrogens with one attached hydrogen (secondary N) is 1. The van der Waals surface area contributed by atoms with E-state index in [2.05, 4.69) is 16.4 Å². The second-order valence-electron chi connectivity index (χ2n) is 3.75. The zero-order valence-electron chi connectivity index (χ0n) is 9.62. The molecule has 2 aromatic rings. The molecule has 2 rings (SSSR count). The van der Waals surface area contributed by atoms with Gasteiger partial charge >= 0.3 is 0 Å². The lowest BCUT2D eigenvalue weighted by atomic mass is 10.1. The molecule has 19 heavy (non-hydrogen) atoms. The van der Waals surface area contributed by atoms with Crippen molar-refractivity contribution in [1.82, 2.24) is 4.98 Å². The Balaban J connectivity index is 2.22. The quantitative estimate of drug-likeness (QED) is 0.824. The van der Waals surface area contributed by atoms with Crippen LogP contribution in [-0.2, 0) is 6.42 Å². The van der Waals surface area contributed by atoms with Gasteiger partial charge in [0.25, 0.3) is 0 Å². The summed E-state index contributed by atoms with van der Waals surface area (Å²) in [4.78, 5) is 4.06. The number of aromatic nitrogens is 1. The summed E-state index contributed by atoms with van der Waals surface area (Å²) in [5, 5.41) is 12.5. The number of rotatable bonds is 3. The molecule has 1 aromatic heterocycles. The standard InChI is InChI=1S/C13H8Cl3N3/c14-10-7-11(15)13(19-12(10)16)18-9-3-1-8(2-4-9)5-6-17/h1-4,7H,5H2,(H,18,19). The van der Waals surface area contributed by atoms with E-state index >= 15 is 0 Å². The average molecular weight is 313 g/mol. The third-order valence-corrected chi connectivity index (χ3v) is 3.35. The van der Waals surface area contributed by atoms with Crippen LogP contribution in [0.3, 0.4) is 0 Å². The van der Waals surface area contributed by atoms with Gasteiger partial charge in [-0.2, -0.15) is 5.26 Å². The van der Waals surface area contributed by atoms with E-state index in [0.29, 0.717) is 22.3 Å². The number of anilines is 2. The fourth-order valence-electron chi connectivity index (χ4n) is 1.47. The number of hydrogen-bond acceptors (Lipinski definition) is 3. The van der Waals surface area contributed by atoms with Crippen molar-refractivity contribution in [2.45, 2.75) is 6.42 Å². The SMILES string of the molecule is N#CCc1ccc(Nc2nc(Cl)c(Cl)cc2Cl)cc1. The van der Waals surface area contributed by atoms with E-state index in [-0.39, 0.29) is 5.15 Å². The summed E-state index contributed by atoms with van der Waals surface area (Å²) in [5.41, 5.74) is 1.75. The molecular weight excluding hydrogens is 305 g/mol. The van der Waals surface area contributed by atoms with E-state index in [1.165, 1.54) is 6.07 Å². The van der Waals surface area contributed by atoms with Crippen LogP contribution in [0.5, 0.6) is 0 Å². The Bertz CT molecular complexity index is 633. The van der Waals surface area contributed by atoms with Gasteiger partial charge in [0.15, 0.2) is 5.82 Å². The lowest BCUT2D eigenvalue weighted by Gasteiger charge is -2.09. The molecule has 1 aromatic carbocycles. The second-order valence-corrected chi connectivity index (χ2v) is 4.92. The lowest BCUT2D eigenvalue weighted by molar-refractivity contribution is 1.26. The highest BCUT2D eigenvalue weighted by Crippen LogP contribution is 2.30. The summed E-state index contributed by atoms with van der Waals surface area (Å²) in [6.45, 7) is 0. The van der Waals surface area contributed by atoms with Crippen LogP contribution in [0, 0.1) is 11.3 Å². The molecule has 0 atom stereocenters. The molecular formula is C13H8Cl3N3. The third-order valence-electron chi connectivity index (χ3n) is 2.39. The molecule has 0 amide bonds. The summed E-state index contributed by atoms with van der Waals surface area (Å²) >= 11 is 17.7. The first-order valence-corrected chi connectivity index (χ1v) is 6.48. The Morgan fingerprint density at radius 3 is 2.42 bits per heavy atom. The van der Waals surface area contributed by atoms with E-state index in [1.54, 1.807) is 0 Å². The topological polar surface area (TPSA) is 48.7 Å². The highest BCUT2D eigenvalue weighted by molar-refractivity contribution is 6.43. The largest absolute Gasteiger partial charge is 0.339 e. The first kappa shape index (κ1) is 14.0. The van der Waals surface area contributed by atoms with Gasteiger partial charge in [-0.3, -0.25) is 0 Å². The third kappa shape index (κ3) is 3.51. The predicted octanol–water partition coefficient (Wildman–Crippen LogP) is 4.85. The summed E-state index contributed by atoms with van der Waals surface area (Å²) in [6, 6.07) is 11.0. The van der Waals surface area contributed by atoms with Crippen molar-refractivity contribution in [2.24, 2.45) is 0 Å². The van der Waals surface area contributed by atoms with E-state index in [4.69, 9.17) is 40.1 Å². The Kier molecular flexibility index (Phi) is 4.49. The zero-order chi connectivity index (χ0) is 13.8. The second kappa shape index (κ2) is 6.12. The zero-order valence-corrected chi connectivity index (χ0v) is 11.9. The smallest absolute Gasteiger partial charge is 0.151 e. The monoisotopic (exact) mass is 311 g/mol. The first-order chi connectivity index (χ1) is 9.10. The van der Waals surface area contributed by atoms with Crippen molar-refractivity contribution >= 4 is 46.3 Å². The van der Waals surface area contributed by atoms with Gasteiger partial charge in [0.05, 0.1) is 22.5 Å². The number of nitrogens with zero attached hydrogens (tertiary/aromatic N) is 2. The van der Waals surface area contributed by atoms with Crippen molar-refractivity contribution < 1.29 is 0 Å². The fourth-order valence-corrected chi connectivity index (χ4v) is 2.01. The molecule has 1 N–H and O–H groups in total. The molecule has 96 valence electrons. The number of pyridine rings is 1. The Morgan fingerprint density at radius 2 is 1.79 bits per heavy atom. The molecule has 0 bridgehead atoms. The van der Waals surface area contributed by atoms with Gasteiger partial charge in [-0.1, -0.05) is 46.9 Å². The normalized spacial score (nSPS) is 10.0. The van der Waals surface area contributed by atoms with Gasteiger partial charge in [-0.15, -0.1) is 0 Å². The molecule has 0 aliphatic rings. The maximum atomic E-state index is 8.60. The molecule has 0 spiro atoms. The number of nitriles is 1. The Hall–Kier alpha value is -1.47. The molecule has 0 aliphatic carbocycles. The molecule has 6 heteroatoms. The molecule has 0 radical (unpaired) electrons. The fraction of sp³-hybridized carbons (Fsp3) is 0.0769. The van der Waals surface area contributed by atoms with Crippen molar-refractivity contribution in [3.8, 4) is 6.07 Å². The van der Waals surface area contributed by atoms with Crippen LogP contribution in [0.4, 0.5) is 11.5 Å². The van der Waals surface area contributed by atoms with Crippen LogP contribution in [0.25, 0.3) is 0 Å². The van der Waals surface area contributed by atoms with Gasteiger partial charge in [0, 0.05) is 5.69 Å². The van der Waals surface area contributed by atoms with Crippen LogP contribution in [0.15, 0.2) is 30.3 Å². The highest BCUT2D eigenvalue weighted by atomic mass is 35.5. The van der Waals surface area contributed by atoms with Crippen molar-refractivity contribution in [3.63, 3.8) is 0 Å². The van der Waals surface area contributed by atoms with E-state index in [0.717, 1.165) is 11.3 Å². The molecule has 3 nitrogen and oxygen atoms in total. The van der Waals surface area contributed by atoms with Gasteiger partial charge < -0.3 is 5.32 Å². The Labute approximate surface area is 125 Å². The molecule has 0 saturated heterocycles. The summed E-state index contributed by atoms with van der Waals surface area (Å²) < 4.78 is 0. The maximum absolute atomic E-state index is 8.60. The summed E-state index contributed by atoms with van der Waals surface area (Å²) in [5.74, 6) is 0.434. The summed E-state index contributed by atoms with van der Waals surface area (Å²) in [6.07, 6.45) is 0.381. The molecule has 0 unspecified atom stereocenters. The van der Waals surface area contributed by atoms with Crippen LogP contribution in [0.2, 0.25) is 15.2 Å². The van der Waals surface area contributed by atoms with Crippen molar-refractivity contribution in [2.75, 3.05) is 5.32 Å². The maximum Gasteiger partial charge on any atom is 0.151 e. The van der Waals surface area contributed by atoms with Gasteiger partial charge in [0.1, 0.15) is 5.15 Å². The number of hydrogen-bond donors (Lipinski definition) is 1. The minimum Gasteiger partial charge on any atom is -0.339 e. The minimum absolute atomic E-state index is 0.190. The number of halogens is 3.